The number of aryl methyl sites for hydroxylation is 1. The Morgan fingerprint density at radius 3 is 2.37 bits per heavy atom. The maximum atomic E-state index is 13.0. The van der Waals surface area contributed by atoms with Crippen LogP contribution < -0.4 is 20.1 Å². The molecule has 196 valence electrons. The van der Waals surface area contributed by atoms with Crippen LogP contribution in [-0.2, 0) is 15.8 Å². The van der Waals surface area contributed by atoms with Crippen molar-refractivity contribution in [3.8, 4) is 17.6 Å². The number of rotatable bonds is 8. The van der Waals surface area contributed by atoms with Crippen LogP contribution in [0.5, 0.6) is 11.5 Å². The highest BCUT2D eigenvalue weighted by molar-refractivity contribution is 6.34. The fraction of sp³-hybridized carbons (Fsp3) is 0.148. The molecule has 0 aliphatic carbocycles. The number of benzene rings is 3. The molecule has 38 heavy (non-hydrogen) atoms. The van der Waals surface area contributed by atoms with Crippen LogP contribution in [-0.4, -0.2) is 25.5 Å². The summed E-state index contributed by atoms with van der Waals surface area (Å²) in [5, 5.41) is 14.3. The van der Waals surface area contributed by atoms with Gasteiger partial charge in [-0.2, -0.15) is 18.4 Å². The predicted molar refractivity (Wildman–Crippen MR) is 137 cm³/mol. The quantitative estimate of drug-likeness (QED) is 0.259. The minimum absolute atomic E-state index is 0.127. The third-order valence-corrected chi connectivity index (χ3v) is 5.43. The van der Waals surface area contributed by atoms with Crippen molar-refractivity contribution in [2.45, 2.75) is 13.1 Å². The van der Waals surface area contributed by atoms with E-state index in [9.17, 15) is 28.0 Å². The molecule has 3 aromatic rings. The fourth-order valence-electron chi connectivity index (χ4n) is 3.17. The molecule has 0 radical (unpaired) electrons. The highest BCUT2D eigenvalue weighted by atomic mass is 35.5. The molecular formula is C27H21ClF3N3O4. The Bertz CT molecular complexity index is 1410. The summed E-state index contributed by atoms with van der Waals surface area (Å²) in [6.45, 7) is 1.63. The molecule has 3 aromatic carbocycles. The number of hydrogen-bond donors (Lipinski definition) is 2. The second-order valence-corrected chi connectivity index (χ2v) is 8.34. The Hall–Kier alpha value is -4.49. The maximum Gasteiger partial charge on any atom is 0.416 e. The van der Waals surface area contributed by atoms with E-state index in [-0.39, 0.29) is 28.8 Å². The third kappa shape index (κ3) is 7.51. The number of nitrogens with one attached hydrogen (secondary N) is 2. The first kappa shape index (κ1) is 28.1. The monoisotopic (exact) mass is 543 g/mol. The molecule has 0 heterocycles. The van der Waals surface area contributed by atoms with Crippen molar-refractivity contribution < 1.29 is 32.2 Å². The average molecular weight is 544 g/mol. The molecule has 0 aromatic heterocycles. The Balaban J connectivity index is 1.71. The van der Waals surface area contributed by atoms with Gasteiger partial charge in [0.15, 0.2) is 18.1 Å². The molecule has 2 amide bonds. The SMILES string of the molecule is COc1cc(/C=C(\C#N)C(=O)Nc2cc(C(F)(F)F)ccc2Cl)ccc1OCC(=O)Nc1ccc(C)cc1. The van der Waals surface area contributed by atoms with Gasteiger partial charge in [-0.1, -0.05) is 35.4 Å². The van der Waals surface area contributed by atoms with Gasteiger partial charge in [0.1, 0.15) is 11.6 Å². The molecule has 7 nitrogen and oxygen atoms in total. The van der Waals surface area contributed by atoms with Gasteiger partial charge >= 0.3 is 6.18 Å². The van der Waals surface area contributed by atoms with Crippen LogP contribution in [0.25, 0.3) is 6.08 Å². The first-order valence-corrected chi connectivity index (χ1v) is 11.3. The van der Waals surface area contributed by atoms with Crippen molar-refractivity contribution in [3.63, 3.8) is 0 Å². The highest BCUT2D eigenvalue weighted by Crippen LogP contribution is 2.34. The molecule has 0 bridgehead atoms. The van der Waals surface area contributed by atoms with Gasteiger partial charge < -0.3 is 20.1 Å². The minimum Gasteiger partial charge on any atom is -0.493 e. The smallest absolute Gasteiger partial charge is 0.416 e. The van der Waals surface area contributed by atoms with E-state index in [1.165, 1.54) is 31.4 Å². The van der Waals surface area contributed by atoms with E-state index < -0.39 is 29.1 Å². The fourth-order valence-corrected chi connectivity index (χ4v) is 3.34. The minimum atomic E-state index is -4.64. The van der Waals surface area contributed by atoms with Crippen LogP contribution >= 0.6 is 11.6 Å². The van der Waals surface area contributed by atoms with Gasteiger partial charge in [0, 0.05) is 5.69 Å². The summed E-state index contributed by atoms with van der Waals surface area (Å²) in [5.74, 6) is -0.889. The van der Waals surface area contributed by atoms with E-state index in [1.807, 2.05) is 19.1 Å². The van der Waals surface area contributed by atoms with Crippen LogP contribution in [0.3, 0.4) is 0 Å². The molecule has 11 heteroatoms. The van der Waals surface area contributed by atoms with E-state index in [0.717, 1.165) is 17.7 Å². The zero-order valence-corrected chi connectivity index (χ0v) is 20.9. The van der Waals surface area contributed by atoms with Gasteiger partial charge in [0.2, 0.25) is 0 Å². The average Bonchev–Trinajstić information content (AvgIpc) is 2.88. The van der Waals surface area contributed by atoms with E-state index in [0.29, 0.717) is 17.3 Å². The molecule has 2 N–H and O–H groups in total. The molecule has 0 saturated carbocycles. The van der Waals surface area contributed by atoms with Crippen molar-refractivity contribution in [1.29, 1.82) is 5.26 Å². The van der Waals surface area contributed by atoms with Crippen LogP contribution in [0.15, 0.2) is 66.2 Å². The maximum absolute atomic E-state index is 13.0. The molecule has 0 atom stereocenters. The van der Waals surface area contributed by atoms with Gasteiger partial charge in [-0.25, -0.2) is 0 Å². The van der Waals surface area contributed by atoms with Crippen LogP contribution in [0.4, 0.5) is 24.5 Å². The molecule has 0 spiro atoms. The molecule has 0 saturated heterocycles. The Morgan fingerprint density at radius 2 is 1.74 bits per heavy atom. The zero-order chi connectivity index (χ0) is 27.9. The van der Waals surface area contributed by atoms with Gasteiger partial charge in [0.05, 0.1) is 23.4 Å². The number of nitrogens with zero attached hydrogens (tertiary/aromatic N) is 1. The van der Waals surface area contributed by atoms with E-state index >= 15 is 0 Å². The highest BCUT2D eigenvalue weighted by Gasteiger charge is 2.31. The lowest BCUT2D eigenvalue weighted by atomic mass is 10.1. The standard InChI is InChI=1S/C27H21ClF3N3O4/c1-16-3-7-20(8-4-16)33-25(35)15-38-23-10-5-17(12-24(23)37-2)11-18(14-32)26(36)34-22-13-19(27(29,30)31)6-9-21(22)28/h3-13H,15H2,1-2H3,(H,33,35)(H,34,36)/b18-11+. The van der Waals surface area contributed by atoms with Crippen molar-refractivity contribution in [1.82, 2.24) is 0 Å². The lowest BCUT2D eigenvalue weighted by molar-refractivity contribution is -0.137. The third-order valence-electron chi connectivity index (χ3n) is 5.10. The summed E-state index contributed by atoms with van der Waals surface area (Å²) < 4.78 is 49.8. The molecule has 0 aliphatic heterocycles. The summed E-state index contributed by atoms with van der Waals surface area (Å²) in [6, 6.07) is 15.9. The first-order chi connectivity index (χ1) is 18.0. The van der Waals surface area contributed by atoms with Crippen LogP contribution in [0.1, 0.15) is 16.7 Å². The summed E-state index contributed by atoms with van der Waals surface area (Å²) in [7, 11) is 1.37. The van der Waals surface area contributed by atoms with E-state index in [1.54, 1.807) is 18.2 Å². The Morgan fingerprint density at radius 1 is 1.03 bits per heavy atom. The predicted octanol–water partition coefficient (Wildman–Crippen LogP) is 6.24. The van der Waals surface area contributed by atoms with Gasteiger partial charge in [-0.15, -0.1) is 0 Å². The lowest BCUT2D eigenvalue weighted by Crippen LogP contribution is -2.20. The van der Waals surface area contributed by atoms with Gasteiger partial charge in [-0.3, -0.25) is 9.59 Å². The van der Waals surface area contributed by atoms with Crippen molar-refractivity contribution >= 4 is 40.9 Å². The lowest BCUT2D eigenvalue weighted by Gasteiger charge is -2.12. The van der Waals surface area contributed by atoms with Crippen LogP contribution in [0, 0.1) is 18.3 Å². The number of methoxy groups -OCH3 is 1. The second kappa shape index (κ2) is 12.2. The summed E-state index contributed by atoms with van der Waals surface area (Å²) in [6.07, 6.45) is -3.42. The summed E-state index contributed by atoms with van der Waals surface area (Å²) in [4.78, 5) is 24.8. The Labute approximate surface area is 221 Å². The van der Waals surface area contributed by atoms with Crippen molar-refractivity contribution in [2.24, 2.45) is 0 Å². The van der Waals surface area contributed by atoms with Crippen molar-refractivity contribution in [3.05, 3.63) is 87.9 Å². The molecule has 0 aliphatic rings. The van der Waals surface area contributed by atoms with E-state index in [2.05, 4.69) is 10.6 Å². The number of carbonyl (C=O) groups is 2. The largest absolute Gasteiger partial charge is 0.493 e. The molecular weight excluding hydrogens is 523 g/mol. The van der Waals surface area contributed by atoms with Gasteiger partial charge in [-0.05, 0) is 61.0 Å². The Kier molecular flexibility index (Phi) is 8.99. The van der Waals surface area contributed by atoms with Crippen molar-refractivity contribution in [2.75, 3.05) is 24.4 Å². The number of halogens is 4. The second-order valence-electron chi connectivity index (χ2n) is 7.93. The topological polar surface area (TPSA) is 100 Å². The van der Waals surface area contributed by atoms with Crippen LogP contribution in [0.2, 0.25) is 5.02 Å². The van der Waals surface area contributed by atoms with E-state index in [4.69, 9.17) is 21.1 Å². The number of anilines is 2. The number of alkyl halides is 3. The molecule has 0 unspecified atom stereocenters. The molecule has 3 rings (SSSR count). The zero-order valence-electron chi connectivity index (χ0n) is 20.2. The summed E-state index contributed by atoms with van der Waals surface area (Å²) >= 11 is 5.92. The van der Waals surface area contributed by atoms with Gasteiger partial charge in [0.25, 0.3) is 11.8 Å². The number of hydrogen-bond acceptors (Lipinski definition) is 5. The molecule has 0 fully saturated rings. The number of ether oxygens (including phenoxy) is 2. The number of amides is 2. The number of nitriles is 1. The summed E-state index contributed by atoms with van der Waals surface area (Å²) in [5.41, 5.74) is 0.331. The normalized spacial score (nSPS) is 11.3. The number of carbonyl (C=O) groups excluding carboxylic acids is 2. The first-order valence-electron chi connectivity index (χ1n) is 11.0.